The van der Waals surface area contributed by atoms with E-state index in [-0.39, 0.29) is 5.56 Å². The van der Waals surface area contributed by atoms with E-state index in [9.17, 15) is 8.78 Å². The zero-order valence-corrected chi connectivity index (χ0v) is 11.8. The Kier molecular flexibility index (Phi) is 4.98. The van der Waals surface area contributed by atoms with Crippen LogP contribution in [0.3, 0.4) is 0 Å². The number of methoxy groups -OCH3 is 1. The highest BCUT2D eigenvalue weighted by Crippen LogP contribution is 2.28. The van der Waals surface area contributed by atoms with Crippen molar-refractivity contribution in [2.24, 2.45) is 0 Å². The fourth-order valence-corrected chi connectivity index (χ4v) is 2.06. The van der Waals surface area contributed by atoms with Gasteiger partial charge in [0, 0.05) is 23.5 Å². The fraction of sp³-hybridized carbons (Fsp3) is 0.250. The van der Waals surface area contributed by atoms with Crippen LogP contribution >= 0.6 is 0 Å². The summed E-state index contributed by atoms with van der Waals surface area (Å²) in [5.74, 6) is 0.797. The molecule has 0 bridgehead atoms. The Morgan fingerprint density at radius 2 is 1.86 bits per heavy atom. The topological polar surface area (TPSA) is 47.3 Å². The van der Waals surface area contributed by atoms with Gasteiger partial charge in [-0.05, 0) is 42.3 Å². The van der Waals surface area contributed by atoms with E-state index in [1.807, 2.05) is 24.3 Å². The summed E-state index contributed by atoms with van der Waals surface area (Å²) in [6.45, 7) is 0.565. The van der Waals surface area contributed by atoms with Gasteiger partial charge in [0.2, 0.25) is 0 Å². The van der Waals surface area contributed by atoms with Gasteiger partial charge in [-0.25, -0.2) is 8.78 Å². The summed E-state index contributed by atoms with van der Waals surface area (Å²) in [5.41, 5.74) is 7.35. The van der Waals surface area contributed by atoms with Gasteiger partial charge in [0.1, 0.15) is 5.75 Å². The molecule has 0 aliphatic carbocycles. The van der Waals surface area contributed by atoms with Crippen molar-refractivity contribution in [2.75, 3.05) is 24.7 Å². The summed E-state index contributed by atoms with van der Waals surface area (Å²) < 4.78 is 30.9. The van der Waals surface area contributed by atoms with Gasteiger partial charge in [0.25, 0.3) is 6.43 Å². The van der Waals surface area contributed by atoms with Crippen molar-refractivity contribution in [2.45, 2.75) is 12.8 Å². The highest BCUT2D eigenvalue weighted by atomic mass is 19.3. The fourth-order valence-electron chi connectivity index (χ4n) is 2.06. The monoisotopic (exact) mass is 292 g/mol. The molecule has 2 rings (SSSR count). The van der Waals surface area contributed by atoms with Crippen LogP contribution in [0.5, 0.6) is 5.75 Å². The molecule has 0 saturated heterocycles. The average molecular weight is 292 g/mol. The van der Waals surface area contributed by atoms with E-state index in [0.717, 1.165) is 17.7 Å². The van der Waals surface area contributed by atoms with E-state index < -0.39 is 6.43 Å². The summed E-state index contributed by atoms with van der Waals surface area (Å²) in [5, 5.41) is 3.03. The number of benzene rings is 2. The SMILES string of the molecule is COc1ccc(CCNc2ccc(N)cc2C(F)F)cc1. The molecule has 0 unspecified atom stereocenters. The first kappa shape index (κ1) is 15.1. The molecule has 0 heterocycles. The molecule has 2 aromatic rings. The van der Waals surface area contributed by atoms with Crippen LogP contribution in [-0.2, 0) is 6.42 Å². The number of ether oxygens (including phenoxy) is 1. The second-order valence-electron chi connectivity index (χ2n) is 4.67. The lowest BCUT2D eigenvalue weighted by Gasteiger charge is -2.12. The maximum Gasteiger partial charge on any atom is 0.265 e. The first-order valence-corrected chi connectivity index (χ1v) is 6.64. The van der Waals surface area contributed by atoms with Crippen LogP contribution in [0.1, 0.15) is 17.6 Å². The second-order valence-corrected chi connectivity index (χ2v) is 4.67. The van der Waals surface area contributed by atoms with Crippen LogP contribution in [0.25, 0.3) is 0 Å². The molecule has 21 heavy (non-hydrogen) atoms. The lowest BCUT2D eigenvalue weighted by Crippen LogP contribution is -2.07. The summed E-state index contributed by atoms with van der Waals surface area (Å²) >= 11 is 0. The lowest BCUT2D eigenvalue weighted by molar-refractivity contribution is 0.152. The molecule has 0 radical (unpaired) electrons. The van der Waals surface area contributed by atoms with Gasteiger partial charge in [-0.3, -0.25) is 0 Å². The number of nitrogens with one attached hydrogen (secondary N) is 1. The molecule has 2 aromatic carbocycles. The number of hydrogen-bond acceptors (Lipinski definition) is 3. The molecule has 0 aliphatic heterocycles. The highest BCUT2D eigenvalue weighted by molar-refractivity contribution is 5.58. The number of anilines is 2. The van der Waals surface area contributed by atoms with Crippen LogP contribution in [0.4, 0.5) is 20.2 Å². The van der Waals surface area contributed by atoms with Crippen LogP contribution in [0.15, 0.2) is 42.5 Å². The van der Waals surface area contributed by atoms with Gasteiger partial charge >= 0.3 is 0 Å². The number of nitrogens with two attached hydrogens (primary N) is 1. The minimum atomic E-state index is -2.54. The molecule has 3 N–H and O–H groups in total. The number of rotatable bonds is 6. The average Bonchev–Trinajstić information content (AvgIpc) is 2.49. The van der Waals surface area contributed by atoms with Crippen molar-refractivity contribution in [3.05, 3.63) is 53.6 Å². The molecule has 0 fully saturated rings. The normalized spacial score (nSPS) is 10.7. The first-order valence-electron chi connectivity index (χ1n) is 6.64. The minimum Gasteiger partial charge on any atom is -0.497 e. The Hall–Kier alpha value is -2.30. The molecule has 3 nitrogen and oxygen atoms in total. The van der Waals surface area contributed by atoms with Gasteiger partial charge in [0.05, 0.1) is 7.11 Å². The van der Waals surface area contributed by atoms with E-state index in [4.69, 9.17) is 10.5 Å². The van der Waals surface area contributed by atoms with E-state index in [0.29, 0.717) is 17.9 Å². The molecule has 0 atom stereocenters. The Morgan fingerprint density at radius 1 is 1.14 bits per heavy atom. The maximum atomic E-state index is 12.9. The van der Waals surface area contributed by atoms with E-state index in [2.05, 4.69) is 5.32 Å². The molecule has 0 amide bonds. The van der Waals surface area contributed by atoms with Crippen molar-refractivity contribution in [1.82, 2.24) is 0 Å². The molecule has 0 aromatic heterocycles. The van der Waals surface area contributed by atoms with Gasteiger partial charge in [-0.15, -0.1) is 0 Å². The highest BCUT2D eigenvalue weighted by Gasteiger charge is 2.12. The van der Waals surface area contributed by atoms with E-state index in [1.54, 1.807) is 19.2 Å². The van der Waals surface area contributed by atoms with Crippen LogP contribution < -0.4 is 15.8 Å². The maximum absolute atomic E-state index is 12.9. The third kappa shape index (κ3) is 4.08. The zero-order chi connectivity index (χ0) is 15.2. The molecule has 5 heteroatoms. The molecular formula is C16H18F2N2O. The Morgan fingerprint density at radius 3 is 2.48 bits per heavy atom. The lowest BCUT2D eigenvalue weighted by atomic mass is 10.1. The second kappa shape index (κ2) is 6.92. The summed E-state index contributed by atoms with van der Waals surface area (Å²) in [6, 6.07) is 12.2. The predicted molar refractivity (Wildman–Crippen MR) is 81.0 cm³/mol. The van der Waals surface area contributed by atoms with Crippen molar-refractivity contribution >= 4 is 11.4 Å². The smallest absolute Gasteiger partial charge is 0.265 e. The van der Waals surface area contributed by atoms with Crippen molar-refractivity contribution < 1.29 is 13.5 Å². The molecule has 112 valence electrons. The number of hydrogen-bond donors (Lipinski definition) is 2. The number of halogens is 2. The first-order chi connectivity index (χ1) is 10.1. The summed E-state index contributed by atoms with van der Waals surface area (Å²) in [4.78, 5) is 0. The molecule has 0 saturated carbocycles. The van der Waals surface area contributed by atoms with Crippen LogP contribution in [0, 0.1) is 0 Å². The van der Waals surface area contributed by atoms with E-state index >= 15 is 0 Å². The van der Waals surface area contributed by atoms with Crippen molar-refractivity contribution in [3.8, 4) is 5.75 Å². The Balaban J connectivity index is 1.96. The van der Waals surface area contributed by atoms with Crippen molar-refractivity contribution in [3.63, 3.8) is 0 Å². The predicted octanol–water partition coefficient (Wildman–Crippen LogP) is 3.87. The number of nitrogen functional groups attached to an aromatic ring is 1. The third-order valence-electron chi connectivity index (χ3n) is 3.20. The van der Waals surface area contributed by atoms with E-state index in [1.165, 1.54) is 6.07 Å². The van der Waals surface area contributed by atoms with Gasteiger partial charge < -0.3 is 15.8 Å². The molecular weight excluding hydrogens is 274 g/mol. The zero-order valence-electron chi connectivity index (χ0n) is 11.8. The summed E-state index contributed by atoms with van der Waals surface area (Å²) in [7, 11) is 1.61. The molecule has 0 aliphatic rings. The minimum absolute atomic E-state index is 0.0651. The van der Waals surface area contributed by atoms with Crippen LogP contribution in [0.2, 0.25) is 0 Å². The molecule has 0 spiro atoms. The van der Waals surface area contributed by atoms with Gasteiger partial charge in [-0.1, -0.05) is 12.1 Å². The Bertz CT molecular complexity index is 585. The summed E-state index contributed by atoms with van der Waals surface area (Å²) in [6.07, 6.45) is -1.81. The quantitative estimate of drug-likeness (QED) is 0.795. The third-order valence-corrected chi connectivity index (χ3v) is 3.20. The standard InChI is InChI=1S/C16H18F2N2O/c1-21-13-5-2-11(3-6-13)8-9-20-15-7-4-12(19)10-14(15)16(17)18/h2-7,10,16,20H,8-9,19H2,1H3. The Labute approximate surface area is 122 Å². The largest absolute Gasteiger partial charge is 0.497 e. The van der Waals surface area contributed by atoms with Gasteiger partial charge in [-0.2, -0.15) is 0 Å². The number of alkyl halides is 2. The van der Waals surface area contributed by atoms with Gasteiger partial charge in [0.15, 0.2) is 0 Å². The van der Waals surface area contributed by atoms with Crippen LogP contribution in [-0.4, -0.2) is 13.7 Å². The van der Waals surface area contributed by atoms with Crippen molar-refractivity contribution in [1.29, 1.82) is 0 Å².